The van der Waals surface area contributed by atoms with Gasteiger partial charge in [0.25, 0.3) is 0 Å². The van der Waals surface area contributed by atoms with Gasteiger partial charge in [0, 0.05) is 6.54 Å². The predicted octanol–water partition coefficient (Wildman–Crippen LogP) is 3.40. The average Bonchev–Trinajstić information content (AvgIpc) is 2.79. The maximum Gasteiger partial charge on any atom is 0.329 e. The normalized spacial score (nSPS) is 10.8. The lowest BCUT2D eigenvalue weighted by Crippen LogP contribution is -2.37. The van der Waals surface area contributed by atoms with Gasteiger partial charge in [0.1, 0.15) is 6.61 Å². The fraction of sp³-hybridized carbons (Fsp3) is 0.208. The summed E-state index contributed by atoms with van der Waals surface area (Å²) < 4.78 is 11.8. The van der Waals surface area contributed by atoms with Crippen LogP contribution in [0.25, 0.3) is 10.8 Å². The second kappa shape index (κ2) is 10.8. The van der Waals surface area contributed by atoms with Crippen molar-refractivity contribution in [1.29, 1.82) is 0 Å². The Hall–Kier alpha value is -3.87. The van der Waals surface area contributed by atoms with Gasteiger partial charge < -0.3 is 14.8 Å². The summed E-state index contributed by atoms with van der Waals surface area (Å²) in [7, 11) is 0. The van der Waals surface area contributed by atoms with Crippen LogP contribution in [0.15, 0.2) is 65.8 Å². The van der Waals surface area contributed by atoms with Crippen molar-refractivity contribution >= 4 is 28.8 Å². The van der Waals surface area contributed by atoms with Crippen LogP contribution in [-0.2, 0) is 16.2 Å². The summed E-state index contributed by atoms with van der Waals surface area (Å²) in [4.78, 5) is 23.0. The van der Waals surface area contributed by atoms with Crippen molar-refractivity contribution in [2.75, 3.05) is 13.2 Å². The summed E-state index contributed by atoms with van der Waals surface area (Å²) in [5.41, 5.74) is 3.97. The molecule has 3 aromatic carbocycles. The van der Waals surface area contributed by atoms with Crippen LogP contribution in [0.3, 0.4) is 0 Å². The molecule has 0 heterocycles. The van der Waals surface area contributed by atoms with E-state index in [1.54, 1.807) is 25.1 Å². The summed E-state index contributed by atoms with van der Waals surface area (Å²) in [6.45, 7) is 4.86. The van der Waals surface area contributed by atoms with Crippen molar-refractivity contribution in [3.63, 3.8) is 0 Å². The molecule has 2 amide bonds. The Labute approximate surface area is 181 Å². The Morgan fingerprint density at radius 3 is 2.55 bits per heavy atom. The van der Waals surface area contributed by atoms with Gasteiger partial charge in [0.05, 0.1) is 12.8 Å². The number of ether oxygens (including phenoxy) is 2. The zero-order valence-corrected chi connectivity index (χ0v) is 17.6. The molecule has 0 atom stereocenters. The van der Waals surface area contributed by atoms with Crippen molar-refractivity contribution in [3.8, 4) is 11.5 Å². The first-order valence-corrected chi connectivity index (χ1v) is 10.1. The van der Waals surface area contributed by atoms with E-state index in [0.29, 0.717) is 36.8 Å². The molecule has 0 aliphatic rings. The Morgan fingerprint density at radius 1 is 0.935 bits per heavy atom. The highest BCUT2D eigenvalue weighted by molar-refractivity contribution is 6.35. The molecule has 0 fully saturated rings. The molecule has 0 unspecified atom stereocenters. The van der Waals surface area contributed by atoms with E-state index in [-0.39, 0.29) is 0 Å². The molecule has 31 heavy (non-hydrogen) atoms. The van der Waals surface area contributed by atoms with Crippen LogP contribution < -0.4 is 20.2 Å². The molecule has 3 rings (SSSR count). The fourth-order valence-corrected chi connectivity index (χ4v) is 3.02. The molecule has 7 nitrogen and oxygen atoms in total. The van der Waals surface area contributed by atoms with E-state index in [1.165, 1.54) is 6.21 Å². The number of amides is 2. The largest absolute Gasteiger partial charge is 0.490 e. The number of hydrazone groups is 1. The van der Waals surface area contributed by atoms with Gasteiger partial charge in [-0.3, -0.25) is 9.59 Å². The smallest absolute Gasteiger partial charge is 0.329 e. The zero-order chi connectivity index (χ0) is 22.1. The number of fused-ring (bicyclic) bond motifs is 1. The van der Waals surface area contributed by atoms with E-state index in [0.717, 1.165) is 16.3 Å². The highest BCUT2D eigenvalue weighted by Crippen LogP contribution is 2.29. The van der Waals surface area contributed by atoms with E-state index in [1.807, 2.05) is 31.2 Å². The third-order valence-corrected chi connectivity index (χ3v) is 4.45. The minimum absolute atomic E-state index is 0.369. The molecule has 0 saturated carbocycles. The van der Waals surface area contributed by atoms with Crippen molar-refractivity contribution in [3.05, 3.63) is 71.8 Å². The molecular formula is C24H25N3O4. The highest BCUT2D eigenvalue weighted by Gasteiger charge is 2.11. The van der Waals surface area contributed by atoms with Gasteiger partial charge in [-0.1, -0.05) is 42.5 Å². The number of hydrogen-bond acceptors (Lipinski definition) is 5. The molecule has 0 aliphatic carbocycles. The molecule has 0 saturated heterocycles. The molecule has 2 N–H and O–H groups in total. The fourth-order valence-electron chi connectivity index (χ4n) is 3.02. The topological polar surface area (TPSA) is 89.0 Å². The number of hydrogen-bond donors (Lipinski definition) is 2. The second-order valence-corrected chi connectivity index (χ2v) is 6.62. The lowest BCUT2D eigenvalue weighted by molar-refractivity contribution is -0.139. The van der Waals surface area contributed by atoms with Gasteiger partial charge in [-0.05, 0) is 53.9 Å². The molecule has 7 heteroatoms. The molecule has 160 valence electrons. The maximum absolute atomic E-state index is 11.6. The first-order valence-electron chi connectivity index (χ1n) is 10.1. The van der Waals surface area contributed by atoms with Gasteiger partial charge in [-0.15, -0.1) is 0 Å². The van der Waals surface area contributed by atoms with E-state index < -0.39 is 11.8 Å². The first kappa shape index (κ1) is 21.8. The number of rotatable bonds is 8. The summed E-state index contributed by atoms with van der Waals surface area (Å²) in [6.07, 6.45) is 1.44. The molecule has 0 aliphatic heterocycles. The van der Waals surface area contributed by atoms with Crippen molar-refractivity contribution < 1.29 is 19.1 Å². The van der Waals surface area contributed by atoms with Gasteiger partial charge >= 0.3 is 11.8 Å². The number of nitrogens with zero attached hydrogens (tertiary/aromatic N) is 1. The minimum Gasteiger partial charge on any atom is -0.490 e. The van der Waals surface area contributed by atoms with Crippen LogP contribution in [-0.4, -0.2) is 31.2 Å². The molecule has 0 aromatic heterocycles. The third kappa shape index (κ3) is 5.82. The van der Waals surface area contributed by atoms with Crippen molar-refractivity contribution in [2.24, 2.45) is 5.10 Å². The van der Waals surface area contributed by atoms with E-state index in [9.17, 15) is 9.59 Å². The lowest BCUT2D eigenvalue weighted by atomic mass is 10.1. The first-order chi connectivity index (χ1) is 15.1. The Morgan fingerprint density at radius 2 is 1.74 bits per heavy atom. The number of carbonyl (C=O) groups is 2. The predicted molar refractivity (Wildman–Crippen MR) is 120 cm³/mol. The minimum atomic E-state index is -0.821. The Balaban J connectivity index is 1.70. The summed E-state index contributed by atoms with van der Waals surface area (Å²) >= 11 is 0. The molecular weight excluding hydrogens is 394 g/mol. The second-order valence-electron chi connectivity index (χ2n) is 6.62. The summed E-state index contributed by atoms with van der Waals surface area (Å²) in [5, 5.41) is 8.54. The molecule has 0 bridgehead atoms. The molecule has 0 radical (unpaired) electrons. The van der Waals surface area contributed by atoms with E-state index >= 15 is 0 Å². The van der Waals surface area contributed by atoms with Gasteiger partial charge in [-0.2, -0.15) is 5.10 Å². The highest BCUT2D eigenvalue weighted by atomic mass is 16.5. The van der Waals surface area contributed by atoms with Crippen LogP contribution in [0.4, 0.5) is 0 Å². The van der Waals surface area contributed by atoms with E-state index in [4.69, 9.17) is 9.47 Å². The number of likely N-dealkylation sites (N-methyl/N-ethyl adjacent to an activating group) is 1. The van der Waals surface area contributed by atoms with Crippen LogP contribution in [0.5, 0.6) is 11.5 Å². The van der Waals surface area contributed by atoms with Crippen molar-refractivity contribution in [1.82, 2.24) is 10.7 Å². The third-order valence-electron chi connectivity index (χ3n) is 4.45. The average molecular weight is 419 g/mol. The number of carbonyl (C=O) groups excluding carboxylic acids is 2. The number of nitrogens with one attached hydrogen (secondary N) is 2. The molecule has 0 spiro atoms. The van der Waals surface area contributed by atoms with Gasteiger partial charge in [0.2, 0.25) is 0 Å². The summed E-state index contributed by atoms with van der Waals surface area (Å²) in [5.74, 6) is -0.370. The lowest BCUT2D eigenvalue weighted by Gasteiger charge is -2.13. The quantitative estimate of drug-likeness (QED) is 0.333. The van der Waals surface area contributed by atoms with Crippen LogP contribution in [0.1, 0.15) is 25.0 Å². The number of benzene rings is 3. The monoisotopic (exact) mass is 419 g/mol. The van der Waals surface area contributed by atoms with E-state index in [2.05, 4.69) is 34.0 Å². The van der Waals surface area contributed by atoms with Crippen molar-refractivity contribution in [2.45, 2.75) is 20.5 Å². The Bertz CT molecular complexity index is 1090. The maximum atomic E-state index is 11.6. The van der Waals surface area contributed by atoms with Crippen LogP contribution in [0, 0.1) is 0 Å². The summed E-state index contributed by atoms with van der Waals surface area (Å²) in [6, 6.07) is 19.7. The molecule has 3 aromatic rings. The van der Waals surface area contributed by atoms with Crippen LogP contribution in [0.2, 0.25) is 0 Å². The van der Waals surface area contributed by atoms with Gasteiger partial charge in [-0.25, -0.2) is 5.43 Å². The Kier molecular flexibility index (Phi) is 7.59. The van der Waals surface area contributed by atoms with Gasteiger partial charge in [0.15, 0.2) is 11.5 Å². The van der Waals surface area contributed by atoms with Crippen LogP contribution >= 0.6 is 0 Å². The SMILES string of the molecule is CCNC(=O)C(=O)N/N=C\c1ccc(OCc2cccc3ccccc23)c(OCC)c1. The standard InChI is InChI=1S/C24H25N3O4/c1-3-25-23(28)24(29)27-26-15-17-12-13-21(22(14-17)30-4-2)31-16-19-10-7-9-18-8-5-6-11-20(18)19/h5-15H,3-4,16H2,1-2H3,(H,25,28)(H,27,29)/b26-15-. The zero-order valence-electron chi connectivity index (χ0n) is 17.6.